The summed E-state index contributed by atoms with van der Waals surface area (Å²) in [5, 5.41) is 4.47. The van der Waals surface area contributed by atoms with Gasteiger partial charge in [0.05, 0.1) is 11.3 Å². The molecular weight excluding hydrogens is 278 g/mol. The van der Waals surface area contributed by atoms with E-state index in [0.29, 0.717) is 16.8 Å². The number of carbonyl (C=O) groups excluding carboxylic acids is 2. The van der Waals surface area contributed by atoms with Crippen LogP contribution in [0.2, 0.25) is 0 Å². The zero-order valence-corrected chi connectivity index (χ0v) is 11.6. The third-order valence-electron chi connectivity index (χ3n) is 3.33. The highest BCUT2D eigenvalue weighted by Gasteiger charge is 2.12. The van der Waals surface area contributed by atoms with Crippen molar-refractivity contribution in [2.75, 3.05) is 0 Å². The summed E-state index contributed by atoms with van der Waals surface area (Å²) in [4.78, 5) is 22.4. The predicted molar refractivity (Wildman–Crippen MR) is 82.9 cm³/mol. The van der Waals surface area contributed by atoms with Crippen LogP contribution in [0.1, 0.15) is 20.7 Å². The fourth-order valence-electron chi connectivity index (χ4n) is 2.20. The fraction of sp³-hybridized carbons (Fsp3) is 0. The highest BCUT2D eigenvalue weighted by molar-refractivity contribution is 5.93. The molecule has 3 rings (SSSR count). The van der Waals surface area contributed by atoms with Crippen LogP contribution in [0.15, 0.2) is 60.8 Å². The number of para-hydroxylation sites is 1. The summed E-state index contributed by atoms with van der Waals surface area (Å²) < 4.78 is 1.65. The molecule has 1 aromatic heterocycles. The fourth-order valence-corrected chi connectivity index (χ4v) is 2.20. The largest absolute Gasteiger partial charge is 0.366 e. The highest BCUT2D eigenvalue weighted by atomic mass is 16.1. The third-order valence-corrected chi connectivity index (χ3v) is 3.33. The summed E-state index contributed by atoms with van der Waals surface area (Å²) in [6.45, 7) is 0. The lowest BCUT2D eigenvalue weighted by atomic mass is 10.1. The number of carbonyl (C=O) groups is 2. The van der Waals surface area contributed by atoms with Crippen molar-refractivity contribution in [3.05, 3.63) is 71.9 Å². The molecule has 0 radical (unpaired) electrons. The van der Waals surface area contributed by atoms with Crippen LogP contribution in [-0.2, 0) is 0 Å². The third kappa shape index (κ3) is 2.52. The van der Waals surface area contributed by atoms with Crippen LogP contribution in [0.25, 0.3) is 16.9 Å². The van der Waals surface area contributed by atoms with Crippen molar-refractivity contribution < 1.29 is 9.59 Å². The first-order chi connectivity index (χ1) is 10.7. The first-order valence-corrected chi connectivity index (χ1v) is 6.69. The first-order valence-electron chi connectivity index (χ1n) is 6.69. The van der Waals surface area contributed by atoms with Crippen molar-refractivity contribution >= 4 is 12.2 Å². The Morgan fingerprint density at radius 2 is 1.73 bits per heavy atom. The van der Waals surface area contributed by atoms with Gasteiger partial charge in [0.15, 0.2) is 6.29 Å². The van der Waals surface area contributed by atoms with E-state index in [9.17, 15) is 9.59 Å². The Balaban J connectivity index is 2.05. The van der Waals surface area contributed by atoms with Gasteiger partial charge in [-0.25, -0.2) is 4.68 Å². The number of nitrogens with two attached hydrogens (primary N) is 1. The van der Waals surface area contributed by atoms with E-state index >= 15 is 0 Å². The van der Waals surface area contributed by atoms with E-state index in [1.807, 2.05) is 30.3 Å². The predicted octanol–water partition coefficient (Wildman–Crippen LogP) is 2.45. The van der Waals surface area contributed by atoms with Crippen molar-refractivity contribution in [1.29, 1.82) is 0 Å². The van der Waals surface area contributed by atoms with Gasteiger partial charge in [-0.15, -0.1) is 0 Å². The number of hydrogen-bond acceptors (Lipinski definition) is 3. The van der Waals surface area contributed by atoms with Crippen LogP contribution in [-0.4, -0.2) is 22.0 Å². The summed E-state index contributed by atoms with van der Waals surface area (Å²) in [6.07, 6.45) is 2.45. The molecule has 0 aliphatic heterocycles. The van der Waals surface area contributed by atoms with Gasteiger partial charge >= 0.3 is 0 Å². The van der Waals surface area contributed by atoms with Crippen LogP contribution < -0.4 is 5.73 Å². The topological polar surface area (TPSA) is 78.0 Å². The minimum absolute atomic E-state index is 0.416. The monoisotopic (exact) mass is 291 g/mol. The molecule has 2 aromatic carbocycles. The SMILES string of the molecule is NC(=O)c1ccc(-c2nn(-c3ccccc3)cc2C=O)cc1. The van der Waals surface area contributed by atoms with Gasteiger partial charge in [-0.2, -0.15) is 5.10 Å². The van der Waals surface area contributed by atoms with Gasteiger partial charge in [-0.1, -0.05) is 30.3 Å². The molecule has 22 heavy (non-hydrogen) atoms. The van der Waals surface area contributed by atoms with Gasteiger partial charge in [-0.05, 0) is 24.3 Å². The molecule has 0 saturated heterocycles. The zero-order valence-electron chi connectivity index (χ0n) is 11.6. The van der Waals surface area contributed by atoms with Crippen LogP contribution in [0.4, 0.5) is 0 Å². The number of primary amides is 1. The molecule has 0 fully saturated rings. The molecule has 0 bridgehead atoms. The van der Waals surface area contributed by atoms with E-state index in [2.05, 4.69) is 5.10 Å². The van der Waals surface area contributed by atoms with E-state index < -0.39 is 5.91 Å². The number of amides is 1. The molecule has 0 unspecified atom stereocenters. The van der Waals surface area contributed by atoms with E-state index in [1.54, 1.807) is 35.1 Å². The lowest BCUT2D eigenvalue weighted by Crippen LogP contribution is -2.10. The maximum Gasteiger partial charge on any atom is 0.248 e. The van der Waals surface area contributed by atoms with E-state index in [0.717, 1.165) is 17.5 Å². The maximum atomic E-state index is 11.3. The zero-order chi connectivity index (χ0) is 15.5. The minimum atomic E-state index is -0.489. The Kier molecular flexibility index (Phi) is 3.53. The van der Waals surface area contributed by atoms with Gasteiger partial charge in [-0.3, -0.25) is 9.59 Å². The lowest BCUT2D eigenvalue weighted by molar-refractivity contribution is 0.1000. The molecule has 0 aliphatic carbocycles. The van der Waals surface area contributed by atoms with Crippen molar-refractivity contribution in [3.8, 4) is 16.9 Å². The van der Waals surface area contributed by atoms with Crippen molar-refractivity contribution in [2.45, 2.75) is 0 Å². The Hall–Kier alpha value is -3.21. The molecule has 1 amide bonds. The van der Waals surface area contributed by atoms with E-state index in [4.69, 9.17) is 5.73 Å². The molecule has 0 saturated carbocycles. The van der Waals surface area contributed by atoms with Gasteiger partial charge in [0.1, 0.15) is 5.69 Å². The molecule has 0 aliphatic rings. The van der Waals surface area contributed by atoms with Crippen LogP contribution >= 0.6 is 0 Å². The Bertz CT molecular complexity index is 821. The highest BCUT2D eigenvalue weighted by Crippen LogP contribution is 2.23. The number of nitrogens with zero attached hydrogens (tertiary/aromatic N) is 2. The lowest BCUT2D eigenvalue weighted by Gasteiger charge is -2.01. The van der Waals surface area contributed by atoms with Crippen molar-refractivity contribution in [3.63, 3.8) is 0 Å². The number of benzene rings is 2. The van der Waals surface area contributed by atoms with E-state index in [1.165, 1.54) is 0 Å². The number of hydrogen-bond donors (Lipinski definition) is 1. The number of rotatable bonds is 4. The van der Waals surface area contributed by atoms with Crippen LogP contribution in [0.3, 0.4) is 0 Å². The smallest absolute Gasteiger partial charge is 0.248 e. The summed E-state index contributed by atoms with van der Waals surface area (Å²) in [5.41, 5.74) is 8.30. The van der Waals surface area contributed by atoms with Crippen LogP contribution in [0, 0.1) is 0 Å². The molecule has 2 N–H and O–H groups in total. The first kappa shape index (κ1) is 13.8. The summed E-state index contributed by atoms with van der Waals surface area (Å²) in [7, 11) is 0. The van der Waals surface area contributed by atoms with Gasteiger partial charge in [0.2, 0.25) is 5.91 Å². The second kappa shape index (κ2) is 5.65. The van der Waals surface area contributed by atoms with Crippen molar-refractivity contribution in [2.24, 2.45) is 5.73 Å². The van der Waals surface area contributed by atoms with Gasteiger partial charge in [0.25, 0.3) is 0 Å². The normalized spacial score (nSPS) is 10.4. The minimum Gasteiger partial charge on any atom is -0.366 e. The van der Waals surface area contributed by atoms with Gasteiger partial charge < -0.3 is 5.73 Å². The average Bonchev–Trinajstić information content (AvgIpc) is 3.00. The van der Waals surface area contributed by atoms with Gasteiger partial charge in [0, 0.05) is 17.3 Å². The number of aromatic nitrogens is 2. The summed E-state index contributed by atoms with van der Waals surface area (Å²) >= 11 is 0. The standard InChI is InChI=1S/C17H13N3O2/c18-17(22)13-8-6-12(7-9-13)16-14(11-21)10-20(19-16)15-4-2-1-3-5-15/h1-11H,(H2,18,22). The quantitative estimate of drug-likeness (QED) is 0.750. The molecule has 0 atom stereocenters. The molecule has 5 heteroatoms. The molecular formula is C17H13N3O2. The molecule has 5 nitrogen and oxygen atoms in total. The van der Waals surface area contributed by atoms with Crippen LogP contribution in [0.5, 0.6) is 0 Å². The molecule has 0 spiro atoms. The number of aldehydes is 1. The molecule has 108 valence electrons. The van der Waals surface area contributed by atoms with Crippen molar-refractivity contribution in [1.82, 2.24) is 9.78 Å². The Labute approximate surface area is 127 Å². The second-order valence-electron chi connectivity index (χ2n) is 4.77. The Morgan fingerprint density at radius 1 is 1.05 bits per heavy atom. The molecule has 1 heterocycles. The second-order valence-corrected chi connectivity index (χ2v) is 4.77. The molecule has 3 aromatic rings. The summed E-state index contributed by atoms with van der Waals surface area (Å²) in [5.74, 6) is -0.489. The summed E-state index contributed by atoms with van der Waals surface area (Å²) in [6, 6.07) is 16.2. The maximum absolute atomic E-state index is 11.3. The Morgan fingerprint density at radius 3 is 2.32 bits per heavy atom. The average molecular weight is 291 g/mol. The van der Waals surface area contributed by atoms with E-state index in [-0.39, 0.29) is 0 Å².